The Balaban J connectivity index is 1.97. The summed E-state index contributed by atoms with van der Waals surface area (Å²) in [6, 6.07) is 8.44. The zero-order valence-corrected chi connectivity index (χ0v) is 10.2. The summed E-state index contributed by atoms with van der Waals surface area (Å²) in [7, 11) is 0. The van der Waals surface area contributed by atoms with Gasteiger partial charge in [-0.1, -0.05) is 6.07 Å². The van der Waals surface area contributed by atoms with Crippen LogP contribution in [0.5, 0.6) is 5.75 Å². The molecular formula is C14H14N2O3. The highest BCUT2D eigenvalue weighted by Gasteiger charge is 2.09. The number of hydrogen-bond donors (Lipinski definition) is 2. The molecule has 19 heavy (non-hydrogen) atoms. The van der Waals surface area contributed by atoms with Crippen molar-refractivity contribution in [2.24, 2.45) is 0 Å². The SMILES string of the molecule is Nc1ccc(OCCc2cccnc2)cc1C(=O)O. The first kappa shape index (κ1) is 12.9. The molecular weight excluding hydrogens is 244 g/mol. The van der Waals surface area contributed by atoms with Gasteiger partial charge in [0.05, 0.1) is 12.2 Å². The van der Waals surface area contributed by atoms with E-state index in [1.54, 1.807) is 18.5 Å². The molecule has 0 saturated carbocycles. The monoisotopic (exact) mass is 258 g/mol. The number of nitrogens with zero attached hydrogens (tertiary/aromatic N) is 1. The van der Waals surface area contributed by atoms with Crippen LogP contribution < -0.4 is 10.5 Å². The van der Waals surface area contributed by atoms with Crippen molar-refractivity contribution in [2.45, 2.75) is 6.42 Å². The molecule has 1 aromatic heterocycles. The molecule has 0 fully saturated rings. The van der Waals surface area contributed by atoms with Gasteiger partial charge < -0.3 is 15.6 Å². The van der Waals surface area contributed by atoms with Gasteiger partial charge in [0.15, 0.2) is 0 Å². The molecule has 0 unspecified atom stereocenters. The molecule has 5 heteroatoms. The van der Waals surface area contributed by atoms with Gasteiger partial charge >= 0.3 is 5.97 Å². The lowest BCUT2D eigenvalue weighted by molar-refractivity contribution is 0.0697. The normalized spacial score (nSPS) is 10.1. The number of rotatable bonds is 5. The van der Waals surface area contributed by atoms with Crippen molar-refractivity contribution in [1.29, 1.82) is 0 Å². The quantitative estimate of drug-likeness (QED) is 0.801. The van der Waals surface area contributed by atoms with E-state index in [4.69, 9.17) is 15.6 Å². The van der Waals surface area contributed by atoms with Gasteiger partial charge in [-0.25, -0.2) is 4.79 Å². The molecule has 1 heterocycles. The Labute approximate surface area is 110 Å². The number of nitrogen functional groups attached to an aromatic ring is 1. The highest BCUT2D eigenvalue weighted by Crippen LogP contribution is 2.19. The minimum Gasteiger partial charge on any atom is -0.493 e. The largest absolute Gasteiger partial charge is 0.493 e. The molecule has 3 N–H and O–H groups in total. The summed E-state index contributed by atoms with van der Waals surface area (Å²) >= 11 is 0. The van der Waals surface area contributed by atoms with Gasteiger partial charge in [-0.15, -0.1) is 0 Å². The number of anilines is 1. The van der Waals surface area contributed by atoms with Gasteiger partial charge in [-0.3, -0.25) is 4.98 Å². The highest BCUT2D eigenvalue weighted by molar-refractivity contribution is 5.94. The first-order chi connectivity index (χ1) is 9.16. The van der Waals surface area contributed by atoms with Crippen LogP contribution in [-0.2, 0) is 6.42 Å². The molecule has 0 aliphatic heterocycles. The third-order valence-corrected chi connectivity index (χ3v) is 2.64. The maximum absolute atomic E-state index is 10.9. The van der Waals surface area contributed by atoms with Gasteiger partial charge in [0.25, 0.3) is 0 Å². The number of nitrogens with two attached hydrogens (primary N) is 1. The third-order valence-electron chi connectivity index (χ3n) is 2.64. The molecule has 98 valence electrons. The number of pyridine rings is 1. The van der Waals surface area contributed by atoms with Crippen molar-refractivity contribution >= 4 is 11.7 Å². The summed E-state index contributed by atoms with van der Waals surface area (Å²) in [4.78, 5) is 14.9. The molecule has 0 amide bonds. The summed E-state index contributed by atoms with van der Waals surface area (Å²) < 4.78 is 5.51. The summed E-state index contributed by atoms with van der Waals surface area (Å²) in [5, 5.41) is 8.95. The van der Waals surface area contributed by atoms with Crippen LogP contribution in [0.1, 0.15) is 15.9 Å². The lowest BCUT2D eigenvalue weighted by Crippen LogP contribution is -2.05. The first-order valence-electron chi connectivity index (χ1n) is 5.81. The number of aromatic nitrogens is 1. The summed E-state index contributed by atoms with van der Waals surface area (Å²) in [5.74, 6) is -0.564. The third kappa shape index (κ3) is 3.45. The number of carboxylic acids is 1. The van der Waals surface area contributed by atoms with E-state index in [9.17, 15) is 4.79 Å². The van der Waals surface area contributed by atoms with Crippen molar-refractivity contribution in [1.82, 2.24) is 4.98 Å². The van der Waals surface area contributed by atoms with Crippen molar-refractivity contribution in [3.8, 4) is 5.75 Å². The van der Waals surface area contributed by atoms with Crippen LogP contribution in [0.3, 0.4) is 0 Å². The van der Waals surface area contributed by atoms with Crippen molar-refractivity contribution in [3.05, 3.63) is 53.9 Å². The first-order valence-corrected chi connectivity index (χ1v) is 5.81. The number of hydrogen-bond acceptors (Lipinski definition) is 4. The van der Waals surface area contributed by atoms with Gasteiger partial charge in [0.1, 0.15) is 5.75 Å². The van der Waals surface area contributed by atoms with Crippen LogP contribution in [0.25, 0.3) is 0 Å². The van der Waals surface area contributed by atoms with E-state index in [1.807, 2.05) is 12.1 Å². The maximum atomic E-state index is 10.9. The fourth-order valence-corrected chi connectivity index (χ4v) is 1.64. The smallest absolute Gasteiger partial charge is 0.337 e. The fraction of sp³-hybridized carbons (Fsp3) is 0.143. The Morgan fingerprint density at radius 1 is 1.37 bits per heavy atom. The summed E-state index contributed by atoms with van der Waals surface area (Å²) in [6.07, 6.45) is 4.19. The molecule has 2 aromatic rings. The van der Waals surface area contributed by atoms with Gasteiger partial charge in [-0.05, 0) is 29.8 Å². The molecule has 0 atom stereocenters. The zero-order chi connectivity index (χ0) is 13.7. The van der Waals surface area contributed by atoms with Crippen LogP contribution in [0, 0.1) is 0 Å². The van der Waals surface area contributed by atoms with Crippen molar-refractivity contribution < 1.29 is 14.6 Å². The van der Waals surface area contributed by atoms with Crippen LogP contribution in [0.4, 0.5) is 5.69 Å². The molecule has 2 rings (SSSR count). The van der Waals surface area contributed by atoms with Crippen molar-refractivity contribution in [3.63, 3.8) is 0 Å². The molecule has 5 nitrogen and oxygen atoms in total. The average Bonchev–Trinajstić information content (AvgIpc) is 2.41. The molecule has 0 aliphatic rings. The predicted molar refractivity (Wildman–Crippen MR) is 71.2 cm³/mol. The lowest BCUT2D eigenvalue weighted by Gasteiger charge is -2.08. The van der Waals surface area contributed by atoms with Crippen LogP contribution >= 0.6 is 0 Å². The van der Waals surface area contributed by atoms with Crippen molar-refractivity contribution in [2.75, 3.05) is 12.3 Å². The summed E-state index contributed by atoms with van der Waals surface area (Å²) in [6.45, 7) is 0.453. The van der Waals surface area contributed by atoms with E-state index < -0.39 is 5.97 Å². The Morgan fingerprint density at radius 2 is 2.21 bits per heavy atom. The maximum Gasteiger partial charge on any atom is 0.337 e. The molecule has 0 spiro atoms. The van der Waals surface area contributed by atoms with Crippen LogP contribution in [0.2, 0.25) is 0 Å². The van der Waals surface area contributed by atoms with E-state index in [-0.39, 0.29) is 11.3 Å². The zero-order valence-electron chi connectivity index (χ0n) is 10.2. The minimum absolute atomic E-state index is 0.0545. The highest BCUT2D eigenvalue weighted by atomic mass is 16.5. The van der Waals surface area contributed by atoms with Gasteiger partial charge in [-0.2, -0.15) is 0 Å². The van der Waals surface area contributed by atoms with E-state index in [0.717, 1.165) is 5.56 Å². The predicted octanol–water partition coefficient (Wildman–Crippen LogP) is 1.98. The molecule has 0 aliphatic carbocycles. The van der Waals surface area contributed by atoms with Gasteiger partial charge in [0, 0.05) is 24.5 Å². The van der Waals surface area contributed by atoms with E-state index in [1.165, 1.54) is 12.1 Å². The van der Waals surface area contributed by atoms with E-state index in [2.05, 4.69) is 4.98 Å². The molecule has 0 saturated heterocycles. The second-order valence-corrected chi connectivity index (χ2v) is 4.01. The van der Waals surface area contributed by atoms with Crippen LogP contribution in [0.15, 0.2) is 42.7 Å². The number of ether oxygens (including phenoxy) is 1. The number of aromatic carboxylic acids is 1. The standard InChI is InChI=1S/C14H14N2O3/c15-13-4-3-11(8-12(13)14(17)18)19-7-5-10-2-1-6-16-9-10/h1-4,6,8-9H,5,7,15H2,(H,17,18). The lowest BCUT2D eigenvalue weighted by atomic mass is 10.1. The minimum atomic E-state index is -1.06. The second-order valence-electron chi connectivity index (χ2n) is 4.01. The summed E-state index contributed by atoms with van der Waals surface area (Å²) in [5.41, 5.74) is 6.91. The second kappa shape index (κ2) is 5.86. The Kier molecular flexibility index (Phi) is 3.97. The molecule has 1 aromatic carbocycles. The topological polar surface area (TPSA) is 85.4 Å². The Morgan fingerprint density at radius 3 is 2.89 bits per heavy atom. The Hall–Kier alpha value is -2.56. The molecule has 0 bridgehead atoms. The number of carboxylic acid groups (broad SMARTS) is 1. The van der Waals surface area contributed by atoms with E-state index >= 15 is 0 Å². The number of benzene rings is 1. The number of carbonyl (C=O) groups is 1. The van der Waals surface area contributed by atoms with Crippen LogP contribution in [-0.4, -0.2) is 22.7 Å². The molecule has 0 radical (unpaired) electrons. The Bertz CT molecular complexity index is 570. The fourth-order valence-electron chi connectivity index (χ4n) is 1.64. The average molecular weight is 258 g/mol. The van der Waals surface area contributed by atoms with E-state index in [0.29, 0.717) is 18.8 Å². The van der Waals surface area contributed by atoms with Gasteiger partial charge in [0.2, 0.25) is 0 Å².